The van der Waals surface area contributed by atoms with E-state index < -0.39 is 17.8 Å². The molecular weight excluding hydrogens is 439 g/mol. The van der Waals surface area contributed by atoms with E-state index in [0.717, 1.165) is 12.1 Å². The molecule has 0 aliphatic heterocycles. The van der Waals surface area contributed by atoms with Gasteiger partial charge in [0, 0.05) is 18.4 Å². The van der Waals surface area contributed by atoms with Crippen LogP contribution in [0.15, 0.2) is 24.3 Å². The van der Waals surface area contributed by atoms with Crippen LogP contribution < -0.4 is 20.5 Å². The average Bonchev–Trinajstić information content (AvgIpc) is 2.75. The standard InChI is InChI=1S/C22H26F3N5O3/c1-5-32-6-7-33-18-11-17-19(28-13(3)29-20(17)30-21(18)31-4)27-12(2)14-8-15(22(23,24)25)10-16(26)9-14/h8-12H,5-7,26H2,1-4H3,(H,27,28,29,30)/t12-/m1/s1. The minimum atomic E-state index is -4.50. The van der Waals surface area contributed by atoms with Gasteiger partial charge in [0.05, 0.1) is 30.7 Å². The molecule has 2 heterocycles. The Labute approximate surface area is 189 Å². The molecule has 0 bridgehead atoms. The first-order chi connectivity index (χ1) is 15.6. The van der Waals surface area contributed by atoms with Gasteiger partial charge in [-0.15, -0.1) is 0 Å². The summed E-state index contributed by atoms with van der Waals surface area (Å²) < 4.78 is 56.0. The Morgan fingerprint density at radius 1 is 1.09 bits per heavy atom. The number of hydrogen-bond donors (Lipinski definition) is 2. The number of pyridine rings is 1. The number of aromatic nitrogens is 3. The number of nitrogen functional groups attached to an aromatic ring is 1. The van der Waals surface area contributed by atoms with Crippen LogP contribution in [0, 0.1) is 6.92 Å². The van der Waals surface area contributed by atoms with Gasteiger partial charge in [0.15, 0.2) is 11.4 Å². The Morgan fingerprint density at radius 2 is 1.85 bits per heavy atom. The number of nitrogens with one attached hydrogen (secondary N) is 1. The second kappa shape index (κ2) is 10.1. The molecule has 0 fully saturated rings. The first-order valence-corrected chi connectivity index (χ1v) is 10.3. The molecule has 0 saturated carbocycles. The molecule has 0 spiro atoms. The minimum absolute atomic E-state index is 0.0218. The van der Waals surface area contributed by atoms with Crippen LogP contribution in [0.3, 0.4) is 0 Å². The Hall–Kier alpha value is -3.34. The molecular formula is C22H26F3N5O3. The van der Waals surface area contributed by atoms with E-state index in [1.165, 1.54) is 13.2 Å². The van der Waals surface area contributed by atoms with E-state index in [1.54, 1.807) is 19.9 Å². The summed E-state index contributed by atoms with van der Waals surface area (Å²) in [5, 5.41) is 3.68. The van der Waals surface area contributed by atoms with Gasteiger partial charge in [0.1, 0.15) is 18.2 Å². The number of anilines is 2. The molecule has 3 N–H and O–H groups in total. The molecule has 3 aromatic rings. The molecule has 0 radical (unpaired) electrons. The lowest BCUT2D eigenvalue weighted by Gasteiger charge is -2.19. The van der Waals surface area contributed by atoms with Crippen molar-refractivity contribution in [2.75, 3.05) is 38.0 Å². The van der Waals surface area contributed by atoms with Crippen molar-refractivity contribution in [1.82, 2.24) is 15.0 Å². The third kappa shape index (κ3) is 5.92. The normalized spacial score (nSPS) is 12.6. The maximum Gasteiger partial charge on any atom is 0.416 e. The average molecular weight is 465 g/mol. The Kier molecular flexibility index (Phi) is 7.42. The van der Waals surface area contributed by atoms with Crippen molar-refractivity contribution in [1.29, 1.82) is 0 Å². The van der Waals surface area contributed by atoms with Gasteiger partial charge in [-0.3, -0.25) is 0 Å². The lowest BCUT2D eigenvalue weighted by atomic mass is 10.0. The van der Waals surface area contributed by atoms with Crippen molar-refractivity contribution < 1.29 is 27.4 Å². The zero-order valence-corrected chi connectivity index (χ0v) is 18.8. The number of halogens is 3. The Bertz CT molecular complexity index is 1120. The van der Waals surface area contributed by atoms with Gasteiger partial charge in [-0.1, -0.05) is 0 Å². The molecule has 1 aromatic carbocycles. The van der Waals surface area contributed by atoms with Crippen LogP contribution in [0.5, 0.6) is 11.6 Å². The number of aryl methyl sites for hydroxylation is 1. The van der Waals surface area contributed by atoms with Crippen LogP contribution in [-0.4, -0.2) is 41.9 Å². The van der Waals surface area contributed by atoms with Crippen molar-refractivity contribution in [3.63, 3.8) is 0 Å². The van der Waals surface area contributed by atoms with E-state index in [4.69, 9.17) is 19.9 Å². The maximum absolute atomic E-state index is 13.2. The lowest BCUT2D eigenvalue weighted by Crippen LogP contribution is -2.13. The number of rotatable bonds is 9. The fourth-order valence-electron chi connectivity index (χ4n) is 3.22. The number of hydrogen-bond acceptors (Lipinski definition) is 8. The molecule has 8 nitrogen and oxygen atoms in total. The summed E-state index contributed by atoms with van der Waals surface area (Å²) in [5.41, 5.74) is 5.64. The summed E-state index contributed by atoms with van der Waals surface area (Å²) in [5.74, 6) is 1.45. The van der Waals surface area contributed by atoms with Crippen molar-refractivity contribution >= 4 is 22.5 Å². The SMILES string of the molecule is CCOCCOc1cc2c(N[C@H](C)c3cc(N)cc(C(F)(F)F)c3)nc(C)nc2nc1OC. The quantitative estimate of drug-likeness (QED) is 0.351. The van der Waals surface area contributed by atoms with Crippen molar-refractivity contribution in [3.05, 3.63) is 41.2 Å². The number of ether oxygens (including phenoxy) is 3. The van der Waals surface area contributed by atoms with Crippen LogP contribution in [-0.2, 0) is 10.9 Å². The first-order valence-electron chi connectivity index (χ1n) is 10.3. The van der Waals surface area contributed by atoms with Crippen molar-refractivity contribution in [2.45, 2.75) is 33.0 Å². The number of methoxy groups -OCH3 is 1. The topological polar surface area (TPSA) is 104 Å². The third-order valence-electron chi connectivity index (χ3n) is 4.77. The zero-order chi connectivity index (χ0) is 24.2. The highest BCUT2D eigenvalue weighted by Gasteiger charge is 2.31. The van der Waals surface area contributed by atoms with Gasteiger partial charge in [-0.25, -0.2) is 9.97 Å². The maximum atomic E-state index is 13.2. The first kappa shape index (κ1) is 24.3. The molecule has 0 unspecified atom stereocenters. The van der Waals surface area contributed by atoms with Crippen LogP contribution in [0.25, 0.3) is 11.0 Å². The second-order valence-corrected chi connectivity index (χ2v) is 7.28. The molecule has 2 aromatic heterocycles. The molecule has 33 heavy (non-hydrogen) atoms. The second-order valence-electron chi connectivity index (χ2n) is 7.28. The smallest absolute Gasteiger partial charge is 0.416 e. The molecule has 3 rings (SSSR count). The summed E-state index contributed by atoms with van der Waals surface area (Å²) in [4.78, 5) is 13.2. The molecule has 178 valence electrons. The van der Waals surface area contributed by atoms with Gasteiger partial charge >= 0.3 is 6.18 Å². The summed E-state index contributed by atoms with van der Waals surface area (Å²) in [6.45, 7) is 6.53. The van der Waals surface area contributed by atoms with Crippen molar-refractivity contribution in [3.8, 4) is 11.6 Å². The highest BCUT2D eigenvalue weighted by molar-refractivity contribution is 5.88. The molecule has 1 atom stereocenters. The number of nitrogens with zero attached hydrogens (tertiary/aromatic N) is 3. The van der Waals surface area contributed by atoms with E-state index in [-0.39, 0.29) is 18.2 Å². The number of nitrogens with two attached hydrogens (primary N) is 1. The van der Waals surface area contributed by atoms with E-state index in [1.807, 2.05) is 6.92 Å². The van der Waals surface area contributed by atoms with Gasteiger partial charge < -0.3 is 25.3 Å². The molecule has 0 saturated heterocycles. The van der Waals surface area contributed by atoms with Gasteiger partial charge in [-0.2, -0.15) is 18.2 Å². The fraction of sp³-hybridized carbons (Fsp3) is 0.409. The zero-order valence-electron chi connectivity index (χ0n) is 18.8. The monoisotopic (exact) mass is 465 g/mol. The Morgan fingerprint density at radius 3 is 2.52 bits per heavy atom. The van der Waals surface area contributed by atoms with E-state index >= 15 is 0 Å². The predicted octanol–water partition coefficient (Wildman–Crippen LogP) is 4.53. The highest BCUT2D eigenvalue weighted by atomic mass is 19.4. The van der Waals surface area contributed by atoms with Crippen LogP contribution in [0.1, 0.15) is 36.8 Å². The van der Waals surface area contributed by atoms with E-state index in [9.17, 15) is 13.2 Å². The lowest BCUT2D eigenvalue weighted by molar-refractivity contribution is -0.137. The van der Waals surface area contributed by atoms with Crippen molar-refractivity contribution in [2.24, 2.45) is 0 Å². The number of fused-ring (bicyclic) bond motifs is 1. The van der Waals surface area contributed by atoms with E-state index in [0.29, 0.717) is 47.2 Å². The van der Waals surface area contributed by atoms with Crippen LogP contribution in [0.2, 0.25) is 0 Å². The van der Waals surface area contributed by atoms with E-state index in [2.05, 4.69) is 20.3 Å². The van der Waals surface area contributed by atoms with Gasteiger partial charge in [0.25, 0.3) is 5.88 Å². The summed E-state index contributed by atoms with van der Waals surface area (Å²) >= 11 is 0. The molecule has 0 aliphatic rings. The van der Waals surface area contributed by atoms with Gasteiger partial charge in [-0.05, 0) is 44.5 Å². The fourth-order valence-corrected chi connectivity index (χ4v) is 3.22. The Balaban J connectivity index is 1.97. The summed E-state index contributed by atoms with van der Waals surface area (Å²) in [7, 11) is 1.47. The van der Waals surface area contributed by atoms with Crippen LogP contribution in [0.4, 0.5) is 24.7 Å². The molecule has 0 aliphatic carbocycles. The molecule has 0 amide bonds. The highest BCUT2D eigenvalue weighted by Crippen LogP contribution is 2.35. The summed E-state index contributed by atoms with van der Waals surface area (Å²) in [6, 6.07) is 4.60. The summed E-state index contributed by atoms with van der Waals surface area (Å²) in [6.07, 6.45) is -4.50. The minimum Gasteiger partial charge on any atom is -0.486 e. The van der Waals surface area contributed by atoms with Gasteiger partial charge in [0.2, 0.25) is 0 Å². The predicted molar refractivity (Wildman–Crippen MR) is 119 cm³/mol. The van der Waals surface area contributed by atoms with Crippen LogP contribution >= 0.6 is 0 Å². The largest absolute Gasteiger partial charge is 0.486 e. The number of benzene rings is 1. The number of alkyl halides is 3. The third-order valence-corrected chi connectivity index (χ3v) is 4.77. The molecule has 11 heteroatoms.